The molecule has 1 aliphatic rings. The van der Waals surface area contributed by atoms with Gasteiger partial charge in [-0.25, -0.2) is 13.1 Å². The molecule has 4 N–H and O–H groups in total. The molecule has 1 amide bonds. The lowest BCUT2D eigenvalue weighted by Crippen LogP contribution is -2.38. The smallest absolute Gasteiger partial charge is 0.287 e. The van der Waals surface area contributed by atoms with Gasteiger partial charge in [0.15, 0.2) is 5.76 Å². The largest absolute Gasteiger partial charge is 0.438 e. The van der Waals surface area contributed by atoms with Crippen molar-refractivity contribution in [1.82, 2.24) is 10.0 Å². The maximum atomic E-state index is 11.7. The van der Waals surface area contributed by atoms with E-state index in [0.29, 0.717) is 12.5 Å². The van der Waals surface area contributed by atoms with Crippen molar-refractivity contribution in [3.05, 3.63) is 17.9 Å². The van der Waals surface area contributed by atoms with E-state index in [0.717, 1.165) is 12.8 Å². The van der Waals surface area contributed by atoms with E-state index in [1.165, 1.54) is 19.2 Å². The summed E-state index contributed by atoms with van der Waals surface area (Å²) in [6.45, 7) is 0.359. The second kappa shape index (κ2) is 5.32. The van der Waals surface area contributed by atoms with Crippen LogP contribution in [0, 0.1) is 5.92 Å². The number of hydrogen-bond acceptors (Lipinski definition) is 5. The Morgan fingerprint density at radius 1 is 1.53 bits per heavy atom. The number of nitrogens with two attached hydrogens (primary N) is 1. The normalized spacial score (nSPS) is 17.2. The Hall–Kier alpha value is -1.38. The lowest BCUT2D eigenvalue weighted by atomic mass is 10.2. The average Bonchev–Trinajstić information content (AvgIpc) is 3.12. The molecule has 1 heterocycles. The van der Waals surface area contributed by atoms with Crippen LogP contribution in [0.4, 0.5) is 0 Å². The molecule has 1 unspecified atom stereocenters. The van der Waals surface area contributed by atoms with E-state index in [1.54, 1.807) is 0 Å². The van der Waals surface area contributed by atoms with Crippen molar-refractivity contribution in [2.24, 2.45) is 11.7 Å². The summed E-state index contributed by atoms with van der Waals surface area (Å²) in [5.74, 6) is -0.0254. The number of sulfonamides is 1. The van der Waals surface area contributed by atoms with Gasteiger partial charge >= 0.3 is 0 Å². The fraction of sp³-hybridized carbons (Fsp3) is 0.545. The molecule has 0 aromatic carbocycles. The Balaban J connectivity index is 1.96. The summed E-state index contributed by atoms with van der Waals surface area (Å²) in [6, 6.07) is 2.50. The minimum absolute atomic E-state index is 0.0446. The molecule has 1 aliphatic carbocycles. The van der Waals surface area contributed by atoms with E-state index in [9.17, 15) is 13.2 Å². The molecule has 0 radical (unpaired) electrons. The van der Waals surface area contributed by atoms with Crippen LogP contribution in [0.1, 0.15) is 23.4 Å². The highest BCUT2D eigenvalue weighted by Gasteiger charge is 2.29. The highest BCUT2D eigenvalue weighted by molar-refractivity contribution is 7.89. The number of carbonyl (C=O) groups excluding carboxylic acids is 1. The Bertz CT molecular complexity index is 562. The quantitative estimate of drug-likeness (QED) is 0.662. The minimum atomic E-state index is -3.67. The maximum Gasteiger partial charge on any atom is 0.287 e. The highest BCUT2D eigenvalue weighted by atomic mass is 32.2. The minimum Gasteiger partial charge on any atom is -0.438 e. The Kier molecular flexibility index (Phi) is 3.93. The number of carbonyl (C=O) groups is 1. The number of hydrogen-bond donors (Lipinski definition) is 3. The Morgan fingerprint density at radius 3 is 2.79 bits per heavy atom. The van der Waals surface area contributed by atoms with Crippen molar-refractivity contribution >= 4 is 15.9 Å². The average molecular weight is 287 g/mol. The third-order valence-corrected chi connectivity index (χ3v) is 4.35. The topological polar surface area (TPSA) is 114 Å². The predicted molar refractivity (Wildman–Crippen MR) is 68.0 cm³/mol. The summed E-state index contributed by atoms with van der Waals surface area (Å²) < 4.78 is 30.0. The number of nitrogens with one attached hydrogen (secondary N) is 2. The van der Waals surface area contributed by atoms with Crippen molar-refractivity contribution in [2.75, 3.05) is 13.6 Å². The molecule has 7 nitrogen and oxygen atoms in total. The van der Waals surface area contributed by atoms with Crippen molar-refractivity contribution in [2.45, 2.75) is 24.0 Å². The molecular weight excluding hydrogens is 270 g/mol. The first kappa shape index (κ1) is 14.0. The second-order valence-corrected chi connectivity index (χ2v) is 6.36. The zero-order valence-electron chi connectivity index (χ0n) is 10.5. The number of rotatable bonds is 6. The fourth-order valence-corrected chi connectivity index (χ4v) is 2.32. The molecule has 0 bridgehead atoms. The molecular formula is C11H17N3O4S. The molecule has 0 saturated heterocycles. The van der Waals surface area contributed by atoms with Crippen LogP contribution in [-0.4, -0.2) is 34.0 Å². The Labute approximate surface area is 111 Å². The van der Waals surface area contributed by atoms with Crippen molar-refractivity contribution in [3.63, 3.8) is 0 Å². The molecule has 0 aliphatic heterocycles. The van der Waals surface area contributed by atoms with Gasteiger partial charge in [-0.15, -0.1) is 0 Å². The van der Waals surface area contributed by atoms with Crippen LogP contribution in [0.2, 0.25) is 0 Å². The molecule has 1 fully saturated rings. The summed E-state index contributed by atoms with van der Waals surface area (Å²) in [5.41, 5.74) is 5.85. The monoisotopic (exact) mass is 287 g/mol. The van der Waals surface area contributed by atoms with Gasteiger partial charge < -0.3 is 15.5 Å². The fourth-order valence-electron chi connectivity index (χ4n) is 1.68. The predicted octanol–water partition coefficient (Wildman–Crippen LogP) is -0.345. The summed E-state index contributed by atoms with van der Waals surface area (Å²) in [4.78, 5) is 11.7. The molecule has 1 aromatic heterocycles. The van der Waals surface area contributed by atoms with Gasteiger partial charge in [-0.3, -0.25) is 4.79 Å². The summed E-state index contributed by atoms with van der Waals surface area (Å²) in [7, 11) is -2.40. The van der Waals surface area contributed by atoms with Gasteiger partial charge in [0.2, 0.25) is 5.09 Å². The first-order valence-electron chi connectivity index (χ1n) is 6.01. The van der Waals surface area contributed by atoms with Crippen molar-refractivity contribution in [3.8, 4) is 0 Å². The molecule has 0 spiro atoms. The van der Waals surface area contributed by atoms with Crippen LogP contribution in [0.5, 0.6) is 0 Å². The van der Waals surface area contributed by atoms with E-state index < -0.39 is 15.9 Å². The van der Waals surface area contributed by atoms with E-state index in [-0.39, 0.29) is 16.9 Å². The molecule has 8 heteroatoms. The van der Waals surface area contributed by atoms with Crippen molar-refractivity contribution < 1.29 is 17.6 Å². The van der Waals surface area contributed by atoms with E-state index in [2.05, 4.69) is 10.0 Å². The third-order valence-electron chi connectivity index (χ3n) is 3.06. The number of amides is 1. The van der Waals surface area contributed by atoms with Crippen LogP contribution in [0.3, 0.4) is 0 Å². The summed E-state index contributed by atoms with van der Waals surface area (Å²) >= 11 is 0. The number of furan rings is 1. The van der Waals surface area contributed by atoms with Crippen LogP contribution in [0.25, 0.3) is 0 Å². The first-order chi connectivity index (χ1) is 8.94. The van der Waals surface area contributed by atoms with Crippen LogP contribution >= 0.6 is 0 Å². The van der Waals surface area contributed by atoms with Gasteiger partial charge in [0.25, 0.3) is 15.9 Å². The SMILES string of the molecule is CNS(=O)(=O)c1ccc(C(=O)NCC(N)C2CC2)o1. The van der Waals surface area contributed by atoms with Gasteiger partial charge in [0.05, 0.1) is 0 Å². The van der Waals surface area contributed by atoms with Gasteiger partial charge in [-0.1, -0.05) is 0 Å². The lowest BCUT2D eigenvalue weighted by molar-refractivity contribution is 0.0917. The zero-order valence-corrected chi connectivity index (χ0v) is 11.4. The van der Waals surface area contributed by atoms with Crippen molar-refractivity contribution in [1.29, 1.82) is 0 Å². The van der Waals surface area contributed by atoms with E-state index in [1.807, 2.05) is 0 Å². The third kappa shape index (κ3) is 3.34. The Morgan fingerprint density at radius 2 is 2.21 bits per heavy atom. The summed E-state index contributed by atoms with van der Waals surface area (Å²) in [5, 5.41) is 2.34. The van der Waals surface area contributed by atoms with Crippen LogP contribution < -0.4 is 15.8 Å². The van der Waals surface area contributed by atoms with Gasteiger partial charge in [-0.05, 0) is 37.9 Å². The molecule has 19 heavy (non-hydrogen) atoms. The van der Waals surface area contributed by atoms with Gasteiger partial charge in [-0.2, -0.15) is 0 Å². The van der Waals surface area contributed by atoms with Gasteiger partial charge in [0, 0.05) is 12.6 Å². The molecule has 2 rings (SSSR count). The molecule has 1 atom stereocenters. The summed E-state index contributed by atoms with van der Waals surface area (Å²) in [6.07, 6.45) is 2.20. The highest BCUT2D eigenvalue weighted by Crippen LogP contribution is 2.31. The maximum absolute atomic E-state index is 11.7. The first-order valence-corrected chi connectivity index (χ1v) is 7.49. The van der Waals surface area contributed by atoms with E-state index >= 15 is 0 Å². The zero-order chi connectivity index (χ0) is 14.0. The molecule has 1 saturated carbocycles. The van der Waals surface area contributed by atoms with Crippen LogP contribution in [-0.2, 0) is 10.0 Å². The van der Waals surface area contributed by atoms with Crippen LogP contribution in [0.15, 0.2) is 21.6 Å². The second-order valence-electron chi connectivity index (χ2n) is 4.54. The lowest BCUT2D eigenvalue weighted by Gasteiger charge is -2.10. The van der Waals surface area contributed by atoms with Gasteiger partial charge in [0.1, 0.15) is 0 Å². The molecule has 1 aromatic rings. The van der Waals surface area contributed by atoms with E-state index in [4.69, 9.17) is 10.2 Å². The molecule has 106 valence electrons. The standard InChI is InChI=1S/C11H17N3O4S/c1-13-19(16,17)10-5-4-9(18-10)11(15)14-6-8(12)7-2-3-7/h4-5,7-8,13H,2-3,6,12H2,1H3,(H,14,15).